The van der Waals surface area contributed by atoms with Crippen LogP contribution in [0.15, 0.2) is 24.3 Å². The number of carbonyl (C=O) groups is 2. The molecule has 1 aromatic carbocycles. The van der Waals surface area contributed by atoms with E-state index in [0.717, 1.165) is 12.8 Å². The van der Waals surface area contributed by atoms with Crippen molar-refractivity contribution in [2.24, 2.45) is 5.92 Å². The van der Waals surface area contributed by atoms with E-state index in [1.54, 1.807) is 31.4 Å². The number of rotatable bonds is 3. The van der Waals surface area contributed by atoms with Crippen LogP contribution in [0.3, 0.4) is 0 Å². The minimum Gasteiger partial charge on any atom is -0.497 e. The van der Waals surface area contributed by atoms with E-state index in [9.17, 15) is 9.59 Å². The van der Waals surface area contributed by atoms with Crippen LogP contribution in [-0.2, 0) is 4.79 Å². The number of imide groups is 1. The van der Waals surface area contributed by atoms with Crippen LogP contribution in [0.4, 0.5) is 10.5 Å². The monoisotopic (exact) mass is 234 g/mol. The number of urea groups is 1. The lowest BCUT2D eigenvalue weighted by Gasteiger charge is -2.06. The van der Waals surface area contributed by atoms with Gasteiger partial charge in [0, 0.05) is 11.6 Å². The normalized spacial score (nSPS) is 13.9. The van der Waals surface area contributed by atoms with Gasteiger partial charge in [0.05, 0.1) is 7.11 Å². The van der Waals surface area contributed by atoms with Gasteiger partial charge in [0.25, 0.3) is 0 Å². The third-order valence-corrected chi connectivity index (χ3v) is 2.53. The molecular formula is C12H14N2O3. The van der Waals surface area contributed by atoms with Gasteiger partial charge in [-0.25, -0.2) is 4.79 Å². The first-order chi connectivity index (χ1) is 8.19. The largest absolute Gasteiger partial charge is 0.497 e. The Labute approximate surface area is 99.2 Å². The molecule has 0 saturated heterocycles. The molecule has 1 saturated carbocycles. The van der Waals surface area contributed by atoms with Crippen LogP contribution in [0.2, 0.25) is 0 Å². The molecule has 3 amide bonds. The molecule has 0 spiro atoms. The summed E-state index contributed by atoms with van der Waals surface area (Å²) in [6.07, 6.45) is 1.75. The summed E-state index contributed by atoms with van der Waals surface area (Å²) in [5, 5.41) is 4.88. The highest BCUT2D eigenvalue weighted by atomic mass is 16.5. The number of methoxy groups -OCH3 is 1. The number of benzene rings is 1. The highest BCUT2D eigenvalue weighted by Crippen LogP contribution is 2.28. The fraction of sp³-hybridized carbons (Fsp3) is 0.333. The maximum Gasteiger partial charge on any atom is 0.325 e. The second-order valence-corrected chi connectivity index (χ2v) is 3.95. The van der Waals surface area contributed by atoms with E-state index < -0.39 is 6.03 Å². The van der Waals surface area contributed by atoms with Crippen molar-refractivity contribution in [3.63, 3.8) is 0 Å². The maximum absolute atomic E-state index is 11.4. The Balaban J connectivity index is 1.86. The Morgan fingerprint density at radius 2 is 1.88 bits per heavy atom. The third-order valence-electron chi connectivity index (χ3n) is 2.53. The average Bonchev–Trinajstić information content (AvgIpc) is 3.13. The van der Waals surface area contributed by atoms with Gasteiger partial charge in [-0.2, -0.15) is 0 Å². The lowest BCUT2D eigenvalue weighted by molar-refractivity contribution is -0.121. The summed E-state index contributed by atoms with van der Waals surface area (Å²) < 4.78 is 5.00. The standard InChI is InChI=1S/C12H14N2O3/c1-17-10-6-4-9(5-7-10)13-12(16)14-11(15)8-2-3-8/h4-8H,2-3H2,1H3,(H2,13,14,15,16). The van der Waals surface area contributed by atoms with Crippen molar-refractivity contribution in [1.82, 2.24) is 5.32 Å². The van der Waals surface area contributed by atoms with Gasteiger partial charge in [-0.3, -0.25) is 10.1 Å². The van der Waals surface area contributed by atoms with E-state index in [0.29, 0.717) is 11.4 Å². The summed E-state index contributed by atoms with van der Waals surface area (Å²) in [4.78, 5) is 22.7. The number of hydrogen-bond acceptors (Lipinski definition) is 3. The van der Waals surface area contributed by atoms with Crippen LogP contribution >= 0.6 is 0 Å². The lowest BCUT2D eigenvalue weighted by Crippen LogP contribution is -2.35. The molecule has 0 unspecified atom stereocenters. The Morgan fingerprint density at radius 1 is 1.24 bits per heavy atom. The maximum atomic E-state index is 11.4. The van der Waals surface area contributed by atoms with Gasteiger partial charge in [0.2, 0.25) is 5.91 Å². The number of anilines is 1. The van der Waals surface area contributed by atoms with Crippen molar-refractivity contribution in [3.8, 4) is 5.75 Å². The minimum atomic E-state index is -0.493. The summed E-state index contributed by atoms with van der Waals surface area (Å²) in [5.41, 5.74) is 0.617. The van der Waals surface area contributed by atoms with E-state index in [1.807, 2.05) is 0 Å². The molecule has 1 aliphatic carbocycles. The van der Waals surface area contributed by atoms with Crippen LogP contribution in [0.1, 0.15) is 12.8 Å². The summed E-state index contributed by atoms with van der Waals surface area (Å²) >= 11 is 0. The molecule has 0 radical (unpaired) electrons. The number of amides is 3. The first-order valence-electron chi connectivity index (χ1n) is 5.45. The molecule has 1 fully saturated rings. The predicted molar refractivity (Wildman–Crippen MR) is 62.9 cm³/mol. The van der Waals surface area contributed by atoms with E-state index >= 15 is 0 Å². The molecule has 0 aliphatic heterocycles. The van der Waals surface area contributed by atoms with Crippen LogP contribution < -0.4 is 15.4 Å². The molecule has 5 nitrogen and oxygen atoms in total. The highest BCUT2D eigenvalue weighted by Gasteiger charge is 2.30. The van der Waals surface area contributed by atoms with Crippen molar-refractivity contribution in [3.05, 3.63) is 24.3 Å². The number of carbonyl (C=O) groups excluding carboxylic acids is 2. The fourth-order valence-corrected chi connectivity index (χ4v) is 1.40. The van der Waals surface area contributed by atoms with Crippen molar-refractivity contribution in [2.75, 3.05) is 12.4 Å². The highest BCUT2D eigenvalue weighted by molar-refractivity contribution is 6.02. The zero-order chi connectivity index (χ0) is 12.3. The number of hydrogen-bond donors (Lipinski definition) is 2. The zero-order valence-electron chi connectivity index (χ0n) is 9.53. The first-order valence-corrected chi connectivity index (χ1v) is 5.45. The van der Waals surface area contributed by atoms with E-state index in [1.165, 1.54) is 0 Å². The Kier molecular flexibility index (Phi) is 3.27. The van der Waals surface area contributed by atoms with Crippen molar-refractivity contribution >= 4 is 17.6 Å². The SMILES string of the molecule is COc1ccc(NC(=O)NC(=O)C2CC2)cc1. The summed E-state index contributed by atoms with van der Waals surface area (Å²) in [7, 11) is 1.57. The minimum absolute atomic E-state index is 0.0246. The molecule has 17 heavy (non-hydrogen) atoms. The van der Waals surface area contributed by atoms with Crippen molar-refractivity contribution in [1.29, 1.82) is 0 Å². The van der Waals surface area contributed by atoms with Gasteiger partial charge in [-0.1, -0.05) is 0 Å². The topological polar surface area (TPSA) is 67.4 Å². The molecule has 0 bridgehead atoms. The molecule has 5 heteroatoms. The molecule has 2 rings (SSSR count). The Bertz CT molecular complexity index is 424. The third kappa shape index (κ3) is 3.21. The molecule has 2 N–H and O–H groups in total. The van der Waals surface area contributed by atoms with E-state index in [2.05, 4.69) is 10.6 Å². The van der Waals surface area contributed by atoms with Crippen molar-refractivity contribution < 1.29 is 14.3 Å². The van der Waals surface area contributed by atoms with Crippen LogP contribution in [-0.4, -0.2) is 19.0 Å². The predicted octanol–water partition coefficient (Wildman–Crippen LogP) is 1.75. The molecule has 0 heterocycles. The quantitative estimate of drug-likeness (QED) is 0.837. The van der Waals surface area contributed by atoms with Gasteiger partial charge in [-0.05, 0) is 37.1 Å². The van der Waals surface area contributed by atoms with Gasteiger partial charge >= 0.3 is 6.03 Å². The molecule has 0 atom stereocenters. The second-order valence-electron chi connectivity index (χ2n) is 3.95. The van der Waals surface area contributed by atoms with E-state index in [-0.39, 0.29) is 11.8 Å². The lowest BCUT2D eigenvalue weighted by atomic mass is 10.3. The van der Waals surface area contributed by atoms with E-state index in [4.69, 9.17) is 4.74 Å². The van der Waals surface area contributed by atoms with Gasteiger partial charge in [0.15, 0.2) is 0 Å². The molecule has 1 aliphatic rings. The molecule has 0 aromatic heterocycles. The number of ether oxygens (including phenoxy) is 1. The number of nitrogens with one attached hydrogen (secondary N) is 2. The van der Waals surface area contributed by atoms with Crippen LogP contribution in [0.25, 0.3) is 0 Å². The van der Waals surface area contributed by atoms with Crippen molar-refractivity contribution in [2.45, 2.75) is 12.8 Å². The molecule has 1 aromatic rings. The summed E-state index contributed by atoms with van der Waals surface area (Å²) in [6, 6.07) is 6.39. The Hall–Kier alpha value is -2.04. The van der Waals surface area contributed by atoms with Crippen LogP contribution in [0, 0.1) is 5.92 Å². The van der Waals surface area contributed by atoms with Gasteiger partial charge in [-0.15, -0.1) is 0 Å². The van der Waals surface area contributed by atoms with Gasteiger partial charge < -0.3 is 10.1 Å². The summed E-state index contributed by atoms with van der Waals surface area (Å²) in [6.45, 7) is 0. The smallest absolute Gasteiger partial charge is 0.325 e. The Morgan fingerprint density at radius 3 is 2.41 bits per heavy atom. The average molecular weight is 234 g/mol. The first kappa shape index (κ1) is 11.4. The fourth-order valence-electron chi connectivity index (χ4n) is 1.40. The second kappa shape index (κ2) is 4.86. The zero-order valence-corrected chi connectivity index (χ0v) is 9.53. The van der Waals surface area contributed by atoms with Crippen LogP contribution in [0.5, 0.6) is 5.75 Å². The summed E-state index contributed by atoms with van der Waals surface area (Å²) in [5.74, 6) is 0.539. The molecular weight excluding hydrogens is 220 g/mol. The molecule has 90 valence electrons. The van der Waals surface area contributed by atoms with Gasteiger partial charge in [0.1, 0.15) is 5.75 Å².